The first-order valence-electron chi connectivity index (χ1n) is 5.42. The Morgan fingerprint density at radius 2 is 1.50 bits per heavy atom. The van der Waals surface area contributed by atoms with Crippen LogP contribution in [0.25, 0.3) is 0 Å². The quantitative estimate of drug-likeness (QED) is 0.527. The molecule has 0 radical (unpaired) electrons. The van der Waals surface area contributed by atoms with Crippen LogP contribution in [0.4, 0.5) is 0 Å². The lowest BCUT2D eigenvalue weighted by atomic mass is 10.7. The summed E-state index contributed by atoms with van der Waals surface area (Å²) >= 11 is 0. The van der Waals surface area contributed by atoms with Gasteiger partial charge in [0.05, 0.1) is 0 Å². The minimum Gasteiger partial charge on any atom is -0.285 e. The SMILES string of the molecule is CC[Si](C#Cn1cccc1)(CC)CC. The third kappa shape index (κ3) is 2.52. The lowest BCUT2D eigenvalue weighted by Gasteiger charge is -2.19. The van der Waals surface area contributed by atoms with E-state index >= 15 is 0 Å². The summed E-state index contributed by atoms with van der Waals surface area (Å²) in [7, 11) is -1.26. The number of hydrogen-bond acceptors (Lipinski definition) is 0. The first kappa shape index (κ1) is 11.1. The molecule has 0 saturated carbocycles. The van der Waals surface area contributed by atoms with Crippen LogP contribution >= 0.6 is 0 Å². The van der Waals surface area contributed by atoms with Crippen LogP contribution in [0.2, 0.25) is 18.1 Å². The molecule has 0 fully saturated rings. The molecule has 0 saturated heterocycles. The smallest absolute Gasteiger partial charge is 0.140 e. The topological polar surface area (TPSA) is 4.93 Å². The third-order valence-corrected chi connectivity index (χ3v) is 7.79. The average molecular weight is 205 g/mol. The summed E-state index contributed by atoms with van der Waals surface area (Å²) in [4.78, 5) is 0. The van der Waals surface area contributed by atoms with Gasteiger partial charge in [-0.05, 0) is 30.3 Å². The molecule has 1 heterocycles. The second-order valence-corrected chi connectivity index (χ2v) is 8.60. The van der Waals surface area contributed by atoms with Gasteiger partial charge in [-0.1, -0.05) is 20.8 Å². The highest BCUT2D eigenvalue weighted by atomic mass is 28.3. The van der Waals surface area contributed by atoms with Gasteiger partial charge in [0.25, 0.3) is 0 Å². The fourth-order valence-electron chi connectivity index (χ4n) is 1.61. The van der Waals surface area contributed by atoms with Crippen LogP contribution in [0.1, 0.15) is 20.8 Å². The van der Waals surface area contributed by atoms with E-state index in [0.29, 0.717) is 0 Å². The van der Waals surface area contributed by atoms with Crippen molar-refractivity contribution in [1.82, 2.24) is 4.57 Å². The standard InChI is InChI=1S/C12H19NSi/c1-4-14(5-2,6-3)12-11-13-9-7-8-10-13/h7-10H,4-6H2,1-3H3. The molecule has 0 unspecified atom stereocenters. The molecule has 76 valence electrons. The monoisotopic (exact) mass is 205 g/mol. The molecule has 0 aliphatic heterocycles. The molecule has 0 bridgehead atoms. The molecule has 0 N–H and O–H groups in total. The Bertz CT molecular complexity index is 304. The van der Waals surface area contributed by atoms with E-state index in [4.69, 9.17) is 0 Å². The predicted octanol–water partition coefficient (Wildman–Crippen LogP) is 3.34. The molecular weight excluding hydrogens is 186 g/mol. The summed E-state index contributed by atoms with van der Waals surface area (Å²) in [5, 5.41) is 0. The van der Waals surface area contributed by atoms with E-state index in [2.05, 4.69) is 32.4 Å². The van der Waals surface area contributed by atoms with E-state index in [1.165, 1.54) is 18.1 Å². The number of nitrogens with zero attached hydrogens (tertiary/aromatic N) is 1. The highest BCUT2D eigenvalue weighted by Gasteiger charge is 2.24. The van der Waals surface area contributed by atoms with Crippen LogP contribution in [0.5, 0.6) is 0 Å². The lowest BCUT2D eigenvalue weighted by Crippen LogP contribution is -2.29. The van der Waals surface area contributed by atoms with Gasteiger partial charge >= 0.3 is 0 Å². The molecule has 1 rings (SSSR count). The molecule has 1 nitrogen and oxygen atoms in total. The van der Waals surface area contributed by atoms with Crippen molar-refractivity contribution in [2.24, 2.45) is 0 Å². The Labute approximate surface area is 88.2 Å². The van der Waals surface area contributed by atoms with E-state index in [-0.39, 0.29) is 0 Å². The van der Waals surface area contributed by atoms with Crippen LogP contribution < -0.4 is 0 Å². The van der Waals surface area contributed by atoms with Crippen LogP contribution in [-0.2, 0) is 0 Å². The van der Waals surface area contributed by atoms with Crippen molar-refractivity contribution in [3.05, 3.63) is 24.5 Å². The fraction of sp³-hybridized carbons (Fsp3) is 0.500. The van der Waals surface area contributed by atoms with Crippen molar-refractivity contribution < 1.29 is 0 Å². The number of hydrogen-bond donors (Lipinski definition) is 0. The first-order chi connectivity index (χ1) is 6.76. The van der Waals surface area contributed by atoms with Gasteiger partial charge in [-0.2, -0.15) is 0 Å². The first-order valence-corrected chi connectivity index (χ1v) is 8.04. The summed E-state index contributed by atoms with van der Waals surface area (Å²) < 4.78 is 1.96. The Kier molecular flexibility index (Phi) is 4.03. The lowest BCUT2D eigenvalue weighted by molar-refractivity contribution is 1.14. The number of aromatic nitrogens is 1. The van der Waals surface area contributed by atoms with E-state index in [0.717, 1.165) is 0 Å². The van der Waals surface area contributed by atoms with Crippen molar-refractivity contribution >= 4 is 8.07 Å². The third-order valence-electron chi connectivity index (χ3n) is 3.08. The Hall–Kier alpha value is -0.943. The molecule has 0 aliphatic carbocycles. The minimum atomic E-state index is -1.26. The molecule has 2 heteroatoms. The highest BCUT2D eigenvalue weighted by Crippen LogP contribution is 2.18. The molecule has 0 amide bonds. The zero-order valence-electron chi connectivity index (χ0n) is 9.38. The largest absolute Gasteiger partial charge is 0.285 e. The van der Waals surface area contributed by atoms with Crippen molar-refractivity contribution in [3.8, 4) is 11.6 Å². The summed E-state index contributed by atoms with van der Waals surface area (Å²) in [6.07, 6.45) is 4.01. The minimum absolute atomic E-state index is 1.26. The highest BCUT2D eigenvalue weighted by molar-refractivity contribution is 6.87. The molecule has 0 atom stereocenters. The van der Waals surface area contributed by atoms with Gasteiger partial charge in [0.15, 0.2) is 0 Å². The maximum absolute atomic E-state index is 3.54. The Balaban J connectivity index is 2.82. The normalized spacial score (nSPS) is 10.8. The Morgan fingerprint density at radius 3 is 1.93 bits per heavy atom. The van der Waals surface area contributed by atoms with E-state index in [9.17, 15) is 0 Å². The van der Waals surface area contributed by atoms with Gasteiger partial charge in [0.2, 0.25) is 0 Å². The fourth-order valence-corrected chi connectivity index (χ4v) is 4.00. The molecule has 14 heavy (non-hydrogen) atoms. The van der Waals surface area contributed by atoms with E-state index in [1.807, 2.05) is 29.1 Å². The molecular formula is C12H19NSi. The van der Waals surface area contributed by atoms with Gasteiger partial charge in [-0.3, -0.25) is 4.57 Å². The van der Waals surface area contributed by atoms with Crippen LogP contribution in [0.3, 0.4) is 0 Å². The van der Waals surface area contributed by atoms with Crippen LogP contribution in [0, 0.1) is 11.6 Å². The second-order valence-electron chi connectivity index (χ2n) is 3.67. The summed E-state index contributed by atoms with van der Waals surface area (Å²) in [6, 6.07) is 11.1. The van der Waals surface area contributed by atoms with Crippen molar-refractivity contribution in [1.29, 1.82) is 0 Å². The van der Waals surface area contributed by atoms with Crippen molar-refractivity contribution in [2.75, 3.05) is 0 Å². The zero-order valence-corrected chi connectivity index (χ0v) is 10.4. The van der Waals surface area contributed by atoms with Gasteiger partial charge in [0, 0.05) is 18.4 Å². The van der Waals surface area contributed by atoms with Crippen molar-refractivity contribution in [2.45, 2.75) is 38.9 Å². The second kappa shape index (κ2) is 5.07. The molecule has 1 aromatic rings. The summed E-state index contributed by atoms with van der Waals surface area (Å²) in [5.41, 5.74) is 3.54. The Morgan fingerprint density at radius 1 is 1.00 bits per heavy atom. The molecule has 1 aromatic heterocycles. The average Bonchev–Trinajstić information content (AvgIpc) is 2.74. The molecule has 0 spiro atoms. The van der Waals surface area contributed by atoms with Gasteiger partial charge < -0.3 is 0 Å². The molecule has 0 aliphatic rings. The maximum atomic E-state index is 3.54. The summed E-state index contributed by atoms with van der Waals surface area (Å²) in [5.74, 6) is 0. The maximum Gasteiger partial charge on any atom is 0.140 e. The van der Waals surface area contributed by atoms with Gasteiger partial charge in [-0.15, -0.1) is 5.54 Å². The zero-order chi connectivity index (χ0) is 10.4. The van der Waals surface area contributed by atoms with E-state index < -0.39 is 8.07 Å². The molecule has 0 aromatic carbocycles. The van der Waals surface area contributed by atoms with E-state index in [1.54, 1.807) is 0 Å². The predicted molar refractivity (Wildman–Crippen MR) is 64.8 cm³/mol. The van der Waals surface area contributed by atoms with Gasteiger partial charge in [-0.25, -0.2) is 0 Å². The van der Waals surface area contributed by atoms with Crippen LogP contribution in [0.15, 0.2) is 24.5 Å². The van der Waals surface area contributed by atoms with Gasteiger partial charge in [0.1, 0.15) is 8.07 Å². The van der Waals surface area contributed by atoms with Crippen molar-refractivity contribution in [3.63, 3.8) is 0 Å². The summed E-state index contributed by atoms with van der Waals surface area (Å²) in [6.45, 7) is 6.84. The van der Waals surface area contributed by atoms with Crippen LogP contribution in [-0.4, -0.2) is 12.6 Å². The number of rotatable bonds is 3.